The maximum absolute atomic E-state index is 12.2. The van der Waals surface area contributed by atoms with Crippen LogP contribution in [0.2, 0.25) is 5.02 Å². The number of carbonyl (C=O) groups is 3. The molecule has 2 aromatic rings. The topological polar surface area (TPSA) is 142 Å². The van der Waals surface area contributed by atoms with Gasteiger partial charge in [-0.1, -0.05) is 11.6 Å². The number of anilines is 1. The summed E-state index contributed by atoms with van der Waals surface area (Å²) >= 11 is 10.7. The Kier molecular flexibility index (Phi) is 6.78. The molecule has 0 saturated heterocycles. The van der Waals surface area contributed by atoms with Crippen molar-refractivity contribution in [2.75, 3.05) is 5.32 Å². The minimum Gasteiger partial charge on any atom is -0.326 e. The molecular formula is C19H16ClN5O5S. The fourth-order valence-corrected chi connectivity index (χ4v) is 2.81. The predicted molar refractivity (Wildman–Crippen MR) is 117 cm³/mol. The predicted octanol–water partition coefficient (Wildman–Crippen LogP) is 2.55. The van der Waals surface area contributed by atoms with Crippen LogP contribution in [-0.4, -0.2) is 27.8 Å². The highest BCUT2D eigenvalue weighted by Crippen LogP contribution is 2.30. The van der Waals surface area contributed by atoms with Gasteiger partial charge in [0.05, 0.1) is 4.92 Å². The molecule has 2 aromatic carbocycles. The van der Waals surface area contributed by atoms with Crippen LogP contribution < -0.4 is 21.5 Å². The van der Waals surface area contributed by atoms with Crippen LogP contribution in [0.25, 0.3) is 0 Å². The van der Waals surface area contributed by atoms with E-state index in [0.717, 1.165) is 18.9 Å². The molecule has 1 saturated carbocycles. The molecule has 1 aliphatic rings. The summed E-state index contributed by atoms with van der Waals surface area (Å²) in [5, 5.41) is 15.7. The Balaban J connectivity index is 1.50. The van der Waals surface area contributed by atoms with Crippen LogP contribution in [0.1, 0.15) is 33.6 Å². The van der Waals surface area contributed by atoms with Gasteiger partial charge in [0.15, 0.2) is 5.11 Å². The fourth-order valence-electron chi connectivity index (χ4n) is 2.48. The highest BCUT2D eigenvalue weighted by atomic mass is 35.5. The van der Waals surface area contributed by atoms with Gasteiger partial charge in [0, 0.05) is 28.8 Å². The quantitative estimate of drug-likeness (QED) is 0.304. The van der Waals surface area contributed by atoms with Crippen molar-refractivity contribution in [3.05, 3.63) is 68.7 Å². The highest BCUT2D eigenvalue weighted by Gasteiger charge is 2.29. The standard InChI is InChI=1S/C19H16ClN5O5S/c20-14-8-5-12(9-15(14)25(29)30)17(27)22-19(31)24-23-18(28)11-3-6-13(7-4-11)21-16(26)10-1-2-10/h3-10H,1-2H2,(H,21,26)(H,23,28)(H2,22,24,27,31). The van der Waals surface area contributed by atoms with Gasteiger partial charge >= 0.3 is 0 Å². The van der Waals surface area contributed by atoms with Gasteiger partial charge in [0.1, 0.15) is 5.02 Å². The smallest absolute Gasteiger partial charge is 0.288 e. The Morgan fingerprint density at radius 2 is 1.65 bits per heavy atom. The third-order valence-electron chi connectivity index (χ3n) is 4.28. The normalized spacial score (nSPS) is 12.4. The Morgan fingerprint density at radius 1 is 1.00 bits per heavy atom. The largest absolute Gasteiger partial charge is 0.326 e. The lowest BCUT2D eigenvalue weighted by Crippen LogP contribution is -2.48. The number of rotatable bonds is 5. The van der Waals surface area contributed by atoms with Crippen molar-refractivity contribution in [3.8, 4) is 0 Å². The zero-order chi connectivity index (χ0) is 22.5. The molecule has 0 radical (unpaired) electrons. The van der Waals surface area contributed by atoms with Crippen LogP contribution in [0, 0.1) is 16.0 Å². The van der Waals surface area contributed by atoms with E-state index < -0.39 is 22.4 Å². The maximum atomic E-state index is 12.2. The first-order chi connectivity index (χ1) is 14.7. The molecule has 3 amide bonds. The van der Waals surface area contributed by atoms with Crippen molar-refractivity contribution in [1.29, 1.82) is 0 Å². The maximum Gasteiger partial charge on any atom is 0.288 e. The van der Waals surface area contributed by atoms with E-state index in [1.807, 2.05) is 0 Å². The molecule has 160 valence electrons. The minimum atomic E-state index is -0.720. The van der Waals surface area contributed by atoms with Gasteiger partial charge in [-0.05, 0) is 61.5 Å². The number of hydrazine groups is 1. The van der Waals surface area contributed by atoms with Crippen molar-refractivity contribution in [2.45, 2.75) is 12.8 Å². The van der Waals surface area contributed by atoms with E-state index in [-0.39, 0.29) is 27.5 Å². The van der Waals surface area contributed by atoms with E-state index in [9.17, 15) is 24.5 Å². The number of nitro groups is 1. The van der Waals surface area contributed by atoms with Gasteiger partial charge in [-0.25, -0.2) is 0 Å². The van der Waals surface area contributed by atoms with E-state index in [1.54, 1.807) is 12.1 Å². The zero-order valence-electron chi connectivity index (χ0n) is 15.8. The Bertz CT molecular complexity index is 1070. The number of carbonyl (C=O) groups excluding carboxylic acids is 3. The highest BCUT2D eigenvalue weighted by molar-refractivity contribution is 7.80. The third-order valence-corrected chi connectivity index (χ3v) is 4.81. The molecule has 0 heterocycles. The molecule has 0 atom stereocenters. The molecule has 0 aliphatic heterocycles. The van der Waals surface area contributed by atoms with Crippen molar-refractivity contribution in [3.63, 3.8) is 0 Å². The first kappa shape index (κ1) is 22.1. The van der Waals surface area contributed by atoms with Crippen molar-refractivity contribution < 1.29 is 19.3 Å². The minimum absolute atomic E-state index is 0.0320. The van der Waals surface area contributed by atoms with Crippen LogP contribution in [0.15, 0.2) is 42.5 Å². The molecule has 12 heteroatoms. The van der Waals surface area contributed by atoms with E-state index >= 15 is 0 Å². The molecule has 10 nitrogen and oxygen atoms in total. The lowest BCUT2D eigenvalue weighted by atomic mass is 10.2. The van der Waals surface area contributed by atoms with E-state index in [2.05, 4.69) is 21.5 Å². The van der Waals surface area contributed by atoms with E-state index in [4.69, 9.17) is 23.8 Å². The lowest BCUT2D eigenvalue weighted by Gasteiger charge is -2.11. The summed E-state index contributed by atoms with van der Waals surface area (Å²) < 4.78 is 0. The fraction of sp³-hybridized carbons (Fsp3) is 0.158. The summed E-state index contributed by atoms with van der Waals surface area (Å²) in [7, 11) is 0. The average Bonchev–Trinajstić information content (AvgIpc) is 3.58. The number of nitro benzene ring substituents is 1. The van der Waals surface area contributed by atoms with Crippen molar-refractivity contribution in [1.82, 2.24) is 16.2 Å². The second kappa shape index (κ2) is 9.49. The number of benzene rings is 2. The van der Waals surface area contributed by atoms with Crippen LogP contribution in [-0.2, 0) is 4.79 Å². The second-order valence-electron chi connectivity index (χ2n) is 6.63. The molecule has 0 bridgehead atoms. The van der Waals surface area contributed by atoms with Gasteiger partial charge < -0.3 is 5.32 Å². The summed E-state index contributed by atoms with van der Waals surface area (Å²) in [6.07, 6.45) is 1.78. The molecule has 1 fully saturated rings. The molecular weight excluding hydrogens is 446 g/mol. The van der Waals surface area contributed by atoms with Crippen LogP contribution in [0.4, 0.5) is 11.4 Å². The van der Waals surface area contributed by atoms with Crippen LogP contribution in [0.3, 0.4) is 0 Å². The Labute approximate surface area is 186 Å². The summed E-state index contributed by atoms with van der Waals surface area (Å²) in [5.74, 6) is -1.21. The SMILES string of the molecule is O=C(NNC(=S)NC(=O)c1ccc(Cl)c([N+](=O)[O-])c1)c1ccc(NC(=O)C2CC2)cc1. The summed E-state index contributed by atoms with van der Waals surface area (Å²) in [6, 6.07) is 9.79. The van der Waals surface area contributed by atoms with Crippen molar-refractivity contribution in [2.24, 2.45) is 5.92 Å². The Hall–Kier alpha value is -3.57. The lowest BCUT2D eigenvalue weighted by molar-refractivity contribution is -0.384. The number of nitrogens with zero attached hydrogens (tertiary/aromatic N) is 1. The summed E-state index contributed by atoms with van der Waals surface area (Å²) in [4.78, 5) is 46.3. The van der Waals surface area contributed by atoms with Gasteiger partial charge in [-0.15, -0.1) is 0 Å². The molecule has 0 aromatic heterocycles. The molecule has 4 N–H and O–H groups in total. The first-order valence-electron chi connectivity index (χ1n) is 9.01. The van der Waals surface area contributed by atoms with Crippen LogP contribution in [0.5, 0.6) is 0 Å². The summed E-state index contributed by atoms with van der Waals surface area (Å²) in [6.45, 7) is 0. The third kappa shape index (κ3) is 5.96. The number of thiocarbonyl (C=S) groups is 1. The van der Waals surface area contributed by atoms with Crippen molar-refractivity contribution >= 4 is 58.0 Å². The number of hydrogen-bond donors (Lipinski definition) is 4. The van der Waals surface area contributed by atoms with Gasteiger partial charge in [-0.3, -0.25) is 40.7 Å². The monoisotopic (exact) mass is 461 g/mol. The van der Waals surface area contributed by atoms with E-state index in [0.29, 0.717) is 11.3 Å². The van der Waals surface area contributed by atoms with Gasteiger partial charge in [-0.2, -0.15) is 0 Å². The molecule has 0 unspecified atom stereocenters. The zero-order valence-corrected chi connectivity index (χ0v) is 17.4. The molecule has 31 heavy (non-hydrogen) atoms. The first-order valence-corrected chi connectivity index (χ1v) is 9.80. The number of halogens is 1. The van der Waals surface area contributed by atoms with Gasteiger partial charge in [0.2, 0.25) is 5.91 Å². The second-order valence-corrected chi connectivity index (χ2v) is 7.44. The van der Waals surface area contributed by atoms with Crippen LogP contribution >= 0.6 is 23.8 Å². The average molecular weight is 462 g/mol. The molecule has 0 spiro atoms. The summed E-state index contributed by atoms with van der Waals surface area (Å²) in [5.41, 5.74) is 5.12. The molecule has 3 rings (SSSR count). The molecule has 1 aliphatic carbocycles. The Morgan fingerprint density at radius 3 is 2.26 bits per heavy atom. The van der Waals surface area contributed by atoms with E-state index in [1.165, 1.54) is 24.3 Å². The number of amides is 3. The number of nitrogens with one attached hydrogen (secondary N) is 4. The van der Waals surface area contributed by atoms with Gasteiger partial charge in [0.25, 0.3) is 17.5 Å². The number of hydrogen-bond acceptors (Lipinski definition) is 6.